The fourth-order valence-corrected chi connectivity index (χ4v) is 2.71. The number of nitrogen functional groups attached to an aromatic ring is 1. The third-order valence-corrected chi connectivity index (χ3v) is 3.91. The molecule has 0 amide bonds. The molecule has 108 valence electrons. The fourth-order valence-electron chi connectivity index (χ4n) is 2.71. The summed E-state index contributed by atoms with van der Waals surface area (Å²) in [5.74, 6) is 1.49. The van der Waals surface area contributed by atoms with Crippen molar-refractivity contribution in [2.45, 2.75) is 5.92 Å². The van der Waals surface area contributed by atoms with Crippen LogP contribution < -0.4 is 15.4 Å². The highest BCUT2D eigenvalue weighted by molar-refractivity contribution is 5.95. The number of nitrogens with zero attached hydrogens (tertiary/aromatic N) is 1. The lowest BCUT2D eigenvalue weighted by Crippen LogP contribution is -2.25. The van der Waals surface area contributed by atoms with Crippen molar-refractivity contribution in [1.82, 2.24) is 0 Å². The van der Waals surface area contributed by atoms with Crippen molar-refractivity contribution in [2.75, 3.05) is 25.1 Å². The summed E-state index contributed by atoms with van der Waals surface area (Å²) < 4.78 is 5.73. The molecule has 0 bridgehead atoms. The molecule has 4 heteroatoms. The van der Waals surface area contributed by atoms with E-state index >= 15 is 0 Å². The summed E-state index contributed by atoms with van der Waals surface area (Å²) in [5.41, 5.74) is 8.63. The molecule has 0 aliphatic carbocycles. The van der Waals surface area contributed by atoms with Crippen LogP contribution >= 0.6 is 0 Å². The normalized spacial score (nSPS) is 16.1. The molecule has 0 saturated carbocycles. The maximum absolute atomic E-state index is 7.42. The van der Waals surface area contributed by atoms with E-state index in [9.17, 15) is 0 Å². The second-order valence-corrected chi connectivity index (χ2v) is 5.39. The SMILES string of the molecule is CN(CC1COc2ccccc21)c1ccc(C(=N)N)cc1. The molecule has 0 spiro atoms. The minimum atomic E-state index is 0.0994. The molecule has 1 aliphatic heterocycles. The predicted molar refractivity (Wildman–Crippen MR) is 85.4 cm³/mol. The van der Waals surface area contributed by atoms with Crippen molar-refractivity contribution in [3.05, 3.63) is 59.7 Å². The zero-order valence-electron chi connectivity index (χ0n) is 12.0. The Kier molecular flexibility index (Phi) is 3.52. The number of nitrogens with one attached hydrogen (secondary N) is 1. The number of nitrogens with two attached hydrogens (primary N) is 1. The van der Waals surface area contributed by atoms with Gasteiger partial charge in [-0.3, -0.25) is 5.41 Å². The second-order valence-electron chi connectivity index (χ2n) is 5.39. The van der Waals surface area contributed by atoms with Gasteiger partial charge in [0.2, 0.25) is 0 Å². The lowest BCUT2D eigenvalue weighted by molar-refractivity contribution is 0.332. The van der Waals surface area contributed by atoms with Crippen LogP contribution in [-0.4, -0.2) is 26.0 Å². The Labute approximate surface area is 124 Å². The third-order valence-electron chi connectivity index (χ3n) is 3.91. The Morgan fingerprint density at radius 2 is 1.95 bits per heavy atom. The Bertz CT molecular complexity index is 651. The van der Waals surface area contributed by atoms with E-state index < -0.39 is 0 Å². The van der Waals surface area contributed by atoms with Crippen molar-refractivity contribution in [1.29, 1.82) is 5.41 Å². The zero-order chi connectivity index (χ0) is 14.8. The molecule has 1 atom stereocenters. The monoisotopic (exact) mass is 281 g/mol. The molecule has 3 N–H and O–H groups in total. The number of anilines is 1. The van der Waals surface area contributed by atoms with E-state index in [-0.39, 0.29) is 5.84 Å². The van der Waals surface area contributed by atoms with Gasteiger partial charge in [0.15, 0.2) is 0 Å². The molecule has 2 aromatic carbocycles. The van der Waals surface area contributed by atoms with Crippen LogP contribution in [0.15, 0.2) is 48.5 Å². The van der Waals surface area contributed by atoms with E-state index in [4.69, 9.17) is 15.9 Å². The van der Waals surface area contributed by atoms with Gasteiger partial charge in [0.25, 0.3) is 0 Å². The van der Waals surface area contributed by atoms with E-state index in [1.807, 2.05) is 36.4 Å². The van der Waals surface area contributed by atoms with Crippen molar-refractivity contribution in [3.8, 4) is 5.75 Å². The van der Waals surface area contributed by atoms with Gasteiger partial charge in [0.1, 0.15) is 11.6 Å². The number of rotatable bonds is 4. The van der Waals surface area contributed by atoms with Gasteiger partial charge in [0, 0.05) is 36.3 Å². The number of benzene rings is 2. The zero-order valence-corrected chi connectivity index (χ0v) is 12.0. The molecular formula is C17H19N3O. The first-order valence-electron chi connectivity index (χ1n) is 7.02. The summed E-state index contributed by atoms with van der Waals surface area (Å²) in [5, 5.41) is 7.42. The van der Waals surface area contributed by atoms with Gasteiger partial charge in [0.05, 0.1) is 6.61 Å². The number of likely N-dealkylation sites (N-methyl/N-ethyl adjacent to an activating group) is 1. The Morgan fingerprint density at radius 1 is 1.24 bits per heavy atom. The first kappa shape index (κ1) is 13.5. The van der Waals surface area contributed by atoms with Crippen LogP contribution in [0.2, 0.25) is 0 Å². The van der Waals surface area contributed by atoms with Crippen LogP contribution in [-0.2, 0) is 0 Å². The van der Waals surface area contributed by atoms with Crippen molar-refractivity contribution < 1.29 is 4.74 Å². The maximum atomic E-state index is 7.42. The van der Waals surface area contributed by atoms with Gasteiger partial charge < -0.3 is 15.4 Å². The lowest BCUT2D eigenvalue weighted by Gasteiger charge is -2.23. The molecule has 1 aliphatic rings. The van der Waals surface area contributed by atoms with Crippen LogP contribution in [0.3, 0.4) is 0 Å². The molecule has 0 radical (unpaired) electrons. The largest absolute Gasteiger partial charge is 0.493 e. The summed E-state index contributed by atoms with van der Waals surface area (Å²) in [4.78, 5) is 2.21. The van der Waals surface area contributed by atoms with E-state index in [1.54, 1.807) is 0 Å². The molecule has 1 heterocycles. The molecule has 4 nitrogen and oxygen atoms in total. The van der Waals surface area contributed by atoms with E-state index in [0.717, 1.165) is 30.2 Å². The number of ether oxygens (including phenoxy) is 1. The van der Waals surface area contributed by atoms with E-state index in [1.165, 1.54) is 5.56 Å². The highest BCUT2D eigenvalue weighted by Crippen LogP contribution is 2.34. The minimum Gasteiger partial charge on any atom is -0.493 e. The minimum absolute atomic E-state index is 0.0994. The molecule has 21 heavy (non-hydrogen) atoms. The Morgan fingerprint density at radius 3 is 2.67 bits per heavy atom. The fraction of sp³-hybridized carbons (Fsp3) is 0.235. The van der Waals surface area contributed by atoms with Crippen LogP contribution in [0, 0.1) is 5.41 Å². The number of hydrogen-bond acceptors (Lipinski definition) is 3. The van der Waals surface area contributed by atoms with Gasteiger partial charge in [-0.05, 0) is 30.3 Å². The van der Waals surface area contributed by atoms with E-state index in [2.05, 4.69) is 24.1 Å². The first-order chi connectivity index (χ1) is 10.1. The molecule has 0 fully saturated rings. The maximum Gasteiger partial charge on any atom is 0.122 e. The number of hydrogen-bond donors (Lipinski definition) is 2. The third kappa shape index (κ3) is 2.70. The first-order valence-corrected chi connectivity index (χ1v) is 7.02. The van der Waals surface area contributed by atoms with Crippen LogP contribution in [0.1, 0.15) is 17.0 Å². The molecule has 0 aromatic heterocycles. The number of para-hydroxylation sites is 1. The number of fused-ring (bicyclic) bond motifs is 1. The standard InChI is InChI=1S/C17H19N3O/c1-20(14-8-6-12(7-9-14)17(18)19)10-13-11-21-16-5-3-2-4-15(13)16/h2-9,13H,10-11H2,1H3,(H3,18,19). The van der Waals surface area contributed by atoms with Gasteiger partial charge in [-0.2, -0.15) is 0 Å². The summed E-state index contributed by atoms with van der Waals surface area (Å²) in [7, 11) is 2.07. The highest BCUT2D eigenvalue weighted by Gasteiger charge is 2.24. The average molecular weight is 281 g/mol. The molecule has 2 aromatic rings. The van der Waals surface area contributed by atoms with Crippen LogP contribution in [0.5, 0.6) is 5.75 Å². The summed E-state index contributed by atoms with van der Waals surface area (Å²) in [6, 6.07) is 16.0. The highest BCUT2D eigenvalue weighted by atomic mass is 16.5. The summed E-state index contributed by atoms with van der Waals surface area (Å²) >= 11 is 0. The van der Waals surface area contributed by atoms with Gasteiger partial charge in [-0.15, -0.1) is 0 Å². The van der Waals surface area contributed by atoms with Crippen LogP contribution in [0.4, 0.5) is 5.69 Å². The van der Waals surface area contributed by atoms with Gasteiger partial charge >= 0.3 is 0 Å². The number of amidine groups is 1. The summed E-state index contributed by atoms with van der Waals surface area (Å²) in [6.07, 6.45) is 0. The molecule has 0 saturated heterocycles. The van der Waals surface area contributed by atoms with Crippen LogP contribution in [0.25, 0.3) is 0 Å². The second kappa shape index (κ2) is 5.48. The quantitative estimate of drug-likeness (QED) is 0.669. The molecular weight excluding hydrogens is 262 g/mol. The Hall–Kier alpha value is -2.49. The summed E-state index contributed by atoms with van der Waals surface area (Å²) in [6.45, 7) is 1.63. The van der Waals surface area contributed by atoms with Crippen molar-refractivity contribution in [3.63, 3.8) is 0 Å². The van der Waals surface area contributed by atoms with Crippen molar-refractivity contribution >= 4 is 11.5 Å². The van der Waals surface area contributed by atoms with Crippen molar-refractivity contribution in [2.24, 2.45) is 5.73 Å². The smallest absolute Gasteiger partial charge is 0.122 e. The van der Waals surface area contributed by atoms with Gasteiger partial charge in [-0.25, -0.2) is 0 Å². The molecule has 1 unspecified atom stereocenters. The lowest BCUT2D eigenvalue weighted by atomic mass is 10.0. The molecule has 3 rings (SSSR count). The van der Waals surface area contributed by atoms with E-state index in [0.29, 0.717) is 5.92 Å². The Balaban J connectivity index is 1.72. The topological polar surface area (TPSA) is 62.3 Å². The predicted octanol–water partition coefficient (Wildman–Crippen LogP) is 2.58. The van der Waals surface area contributed by atoms with Gasteiger partial charge in [-0.1, -0.05) is 18.2 Å². The average Bonchev–Trinajstić information content (AvgIpc) is 2.91.